The summed E-state index contributed by atoms with van der Waals surface area (Å²) < 4.78 is 19.9. The van der Waals surface area contributed by atoms with Gasteiger partial charge in [0.05, 0.1) is 24.0 Å². The Balaban J connectivity index is 1.30. The maximum atomic E-state index is 13.6. The van der Waals surface area contributed by atoms with Crippen molar-refractivity contribution in [3.8, 4) is 0 Å². The van der Waals surface area contributed by atoms with E-state index in [0.717, 1.165) is 30.5 Å². The van der Waals surface area contributed by atoms with E-state index in [-0.39, 0.29) is 17.1 Å². The largest absolute Gasteiger partial charge is 0.454 e. The normalized spacial score (nSPS) is 43.0. The molecule has 2 unspecified atom stereocenters. The molecule has 3 aliphatic heterocycles. The number of aliphatic hydroxyl groups is 2. The fourth-order valence-corrected chi connectivity index (χ4v) is 10.3. The number of carbonyl (C=O) groups excluding carboxylic acids is 2. The lowest BCUT2D eigenvalue weighted by molar-refractivity contribution is -0.401. The Morgan fingerprint density at radius 3 is 2.69 bits per heavy atom. The predicted octanol–water partition coefficient (Wildman–Crippen LogP) is 3.76. The first-order valence-corrected chi connectivity index (χ1v) is 15.5. The Bertz CT molecular complexity index is 1450. The molecule has 228 valence electrons. The van der Waals surface area contributed by atoms with Crippen LogP contribution in [-0.2, 0) is 14.2 Å². The Kier molecular flexibility index (Phi) is 6.02. The second kappa shape index (κ2) is 8.88. The number of hydrogen-bond acceptors (Lipinski definition) is 8. The Labute approximate surface area is 247 Å². The zero-order chi connectivity index (χ0) is 30.0. The molecule has 1 aromatic rings. The van der Waals surface area contributed by atoms with Crippen LogP contribution in [0.15, 0.2) is 23.3 Å². The number of likely N-dealkylation sites (N-methyl/N-ethyl adjacent to an activating group) is 1. The van der Waals surface area contributed by atoms with Gasteiger partial charge in [0.2, 0.25) is 0 Å². The molecule has 9 nitrogen and oxygen atoms in total. The average Bonchev–Trinajstić information content (AvgIpc) is 3.32. The summed E-state index contributed by atoms with van der Waals surface area (Å²) in [6.45, 7) is 11.0. The van der Waals surface area contributed by atoms with Crippen molar-refractivity contribution in [3.63, 3.8) is 0 Å². The lowest BCUT2D eigenvalue weighted by atomic mass is 9.41. The molecule has 5 fully saturated rings. The molecule has 0 aromatic carbocycles. The van der Waals surface area contributed by atoms with E-state index < -0.39 is 40.6 Å². The summed E-state index contributed by atoms with van der Waals surface area (Å²) in [5.41, 5.74) is 1.13. The molecule has 2 saturated carbocycles. The average molecular weight is 581 g/mol. The first-order valence-electron chi connectivity index (χ1n) is 15.5. The molecule has 0 radical (unpaired) electrons. The van der Waals surface area contributed by atoms with E-state index in [2.05, 4.69) is 36.0 Å². The minimum absolute atomic E-state index is 0.131. The molecule has 3 N–H and O–H groups in total. The molecule has 4 bridgehead atoms. The molecule has 1 spiro atoms. The number of Topliss-reactive ketones (excluding diaryl/α,β-unsaturated/α-hetero) is 1. The molecular weight excluding hydrogens is 536 g/mol. The summed E-state index contributed by atoms with van der Waals surface area (Å²) in [5.74, 6) is -1.63. The number of nitrogens with one attached hydrogen (secondary N) is 1. The van der Waals surface area contributed by atoms with Gasteiger partial charge in [0.1, 0.15) is 17.3 Å². The second-order valence-electron chi connectivity index (χ2n) is 14.3. The van der Waals surface area contributed by atoms with Crippen LogP contribution in [0.25, 0.3) is 0 Å². The van der Waals surface area contributed by atoms with Gasteiger partial charge >= 0.3 is 5.97 Å². The van der Waals surface area contributed by atoms with Gasteiger partial charge in [-0.1, -0.05) is 19.1 Å². The molecule has 1 aromatic heterocycles. The fourth-order valence-electron chi connectivity index (χ4n) is 10.3. The standard InChI is InChI=1S/C33H44N2O7/c1-18-26(19(2)34-27(18)20(3)36)28(38)41-21(4)23-9-10-32-24-8-7-22-15-31(39)12-11-29(22,5)33(24,42-31)25(37)16-30(23,32)17-35(6)13-14-40-32/h8-9,21-22,25,34,37,39H,7,10-17H2,1-6H3/t21?,22-,25-,29+,30+,31-,32+,33?/m1/s1. The van der Waals surface area contributed by atoms with Crippen molar-refractivity contribution in [2.75, 3.05) is 26.7 Å². The third-order valence-corrected chi connectivity index (χ3v) is 12.2. The third-order valence-electron chi connectivity index (χ3n) is 12.2. The van der Waals surface area contributed by atoms with Crippen molar-refractivity contribution >= 4 is 11.8 Å². The number of aryl methyl sites for hydroxylation is 1. The summed E-state index contributed by atoms with van der Waals surface area (Å²) in [7, 11) is 2.07. The Morgan fingerprint density at radius 2 is 1.98 bits per heavy atom. The quantitative estimate of drug-likeness (QED) is 0.280. The van der Waals surface area contributed by atoms with Crippen molar-refractivity contribution in [3.05, 3.63) is 45.8 Å². The van der Waals surface area contributed by atoms with Crippen molar-refractivity contribution in [1.82, 2.24) is 9.88 Å². The Hall–Kier alpha value is -2.30. The van der Waals surface area contributed by atoms with Gasteiger partial charge in [-0.3, -0.25) is 4.79 Å². The van der Waals surface area contributed by atoms with Crippen molar-refractivity contribution < 1.29 is 34.0 Å². The summed E-state index contributed by atoms with van der Waals surface area (Å²) in [6.07, 6.45) is 6.66. The first kappa shape index (κ1) is 28.5. The number of fused-ring (bicyclic) bond motifs is 1. The van der Waals surface area contributed by atoms with E-state index in [1.807, 2.05) is 6.92 Å². The number of aromatic amines is 1. The van der Waals surface area contributed by atoms with Gasteiger partial charge in [0.25, 0.3) is 0 Å². The van der Waals surface area contributed by atoms with Crippen molar-refractivity contribution in [1.29, 1.82) is 0 Å². The van der Waals surface area contributed by atoms with Crippen molar-refractivity contribution in [2.24, 2.45) is 16.7 Å². The topological polar surface area (TPSA) is 121 Å². The zero-order valence-corrected chi connectivity index (χ0v) is 25.6. The highest BCUT2D eigenvalue weighted by atomic mass is 16.7. The van der Waals surface area contributed by atoms with Crippen LogP contribution in [0, 0.1) is 30.6 Å². The zero-order valence-electron chi connectivity index (χ0n) is 25.6. The summed E-state index contributed by atoms with van der Waals surface area (Å²) in [5, 5.41) is 23.9. The van der Waals surface area contributed by atoms with E-state index in [1.165, 1.54) is 6.92 Å². The second-order valence-corrected chi connectivity index (χ2v) is 14.3. The van der Waals surface area contributed by atoms with Gasteiger partial charge in [-0.05, 0) is 76.1 Å². The molecule has 4 heterocycles. The molecule has 3 saturated heterocycles. The maximum absolute atomic E-state index is 13.6. The summed E-state index contributed by atoms with van der Waals surface area (Å²) >= 11 is 0. The highest BCUT2D eigenvalue weighted by Crippen LogP contribution is 2.74. The van der Waals surface area contributed by atoms with Crippen LogP contribution in [-0.4, -0.2) is 87.8 Å². The molecule has 9 heteroatoms. The van der Waals surface area contributed by atoms with Crippen LogP contribution in [0.4, 0.5) is 0 Å². The fraction of sp³-hybridized carbons (Fsp3) is 0.697. The Morgan fingerprint density at radius 1 is 1.21 bits per heavy atom. The van der Waals surface area contributed by atoms with Crippen LogP contribution in [0.1, 0.15) is 91.4 Å². The number of carbonyl (C=O) groups is 2. The molecule has 7 aliphatic rings. The monoisotopic (exact) mass is 580 g/mol. The lowest BCUT2D eigenvalue weighted by Crippen LogP contribution is -2.79. The lowest BCUT2D eigenvalue weighted by Gasteiger charge is -2.73. The van der Waals surface area contributed by atoms with Gasteiger partial charge in [0, 0.05) is 49.4 Å². The molecule has 8 rings (SSSR count). The van der Waals surface area contributed by atoms with E-state index in [0.29, 0.717) is 61.3 Å². The highest BCUT2D eigenvalue weighted by Gasteiger charge is 2.79. The van der Waals surface area contributed by atoms with E-state index in [4.69, 9.17) is 14.2 Å². The minimum atomic E-state index is -1.25. The number of H-pyrrole nitrogens is 1. The SMILES string of the molecule is CC(=O)c1[nH]c(C)c(C(=O)OC(C)C2=CC[C@@]34OCCN(C)C[C@@]23C[C@@H](O)C23O[C@]5(O)CC[C@@]2(C)[C@H](CC=C34)C5)c1C. The number of hydrogen-bond donors (Lipinski definition) is 3. The van der Waals surface area contributed by atoms with Gasteiger partial charge in [-0.2, -0.15) is 0 Å². The molecule has 8 atom stereocenters. The number of rotatable bonds is 4. The first-order chi connectivity index (χ1) is 19.7. The predicted molar refractivity (Wildman–Crippen MR) is 154 cm³/mol. The van der Waals surface area contributed by atoms with Gasteiger partial charge in [0.15, 0.2) is 11.6 Å². The van der Waals surface area contributed by atoms with Gasteiger partial charge in [-0.25, -0.2) is 4.79 Å². The van der Waals surface area contributed by atoms with Crippen LogP contribution in [0.3, 0.4) is 0 Å². The van der Waals surface area contributed by atoms with Gasteiger partial charge < -0.3 is 34.3 Å². The number of ether oxygens (including phenoxy) is 3. The third kappa shape index (κ3) is 3.32. The molecule has 42 heavy (non-hydrogen) atoms. The van der Waals surface area contributed by atoms with E-state index in [1.54, 1.807) is 13.8 Å². The van der Waals surface area contributed by atoms with Gasteiger partial charge in [-0.15, -0.1) is 0 Å². The summed E-state index contributed by atoms with van der Waals surface area (Å²) in [4.78, 5) is 31.0. The van der Waals surface area contributed by atoms with Crippen LogP contribution < -0.4 is 0 Å². The number of aromatic nitrogens is 1. The number of ketones is 1. The van der Waals surface area contributed by atoms with E-state index >= 15 is 0 Å². The van der Waals surface area contributed by atoms with Crippen LogP contribution in [0.5, 0.6) is 0 Å². The number of allylic oxidation sites excluding steroid dienone is 1. The van der Waals surface area contributed by atoms with Crippen LogP contribution >= 0.6 is 0 Å². The number of nitrogens with zero attached hydrogens (tertiary/aromatic N) is 1. The summed E-state index contributed by atoms with van der Waals surface area (Å²) in [6, 6.07) is 0. The smallest absolute Gasteiger partial charge is 0.340 e. The van der Waals surface area contributed by atoms with Crippen LogP contribution in [0.2, 0.25) is 0 Å². The number of esters is 1. The minimum Gasteiger partial charge on any atom is -0.454 e. The van der Waals surface area contributed by atoms with E-state index in [9.17, 15) is 19.8 Å². The maximum Gasteiger partial charge on any atom is 0.340 e. The van der Waals surface area contributed by atoms with Crippen molar-refractivity contribution in [2.45, 2.75) is 102 Å². The molecule has 4 aliphatic carbocycles. The highest BCUT2D eigenvalue weighted by molar-refractivity contribution is 6.00. The molecule has 0 amide bonds. The number of aliphatic hydroxyl groups excluding tert-OH is 1. The molecular formula is C33H44N2O7.